The summed E-state index contributed by atoms with van der Waals surface area (Å²) in [7, 11) is 0. The SMILES string of the molecule is O=C1CCCC2=C1C(c1cccc([N+](=O)[O-])c1)C1=C(CCCC1=O)N2CCc1ccccc1. The second kappa shape index (κ2) is 8.77. The summed E-state index contributed by atoms with van der Waals surface area (Å²) < 4.78 is 0. The molecule has 2 aromatic carbocycles. The Hall–Kier alpha value is -3.54. The topological polar surface area (TPSA) is 80.5 Å². The highest BCUT2D eigenvalue weighted by Crippen LogP contribution is 2.49. The van der Waals surface area contributed by atoms with Crippen LogP contribution in [-0.4, -0.2) is 27.9 Å². The van der Waals surface area contributed by atoms with Gasteiger partial charge in [-0.25, -0.2) is 0 Å². The number of carbonyl (C=O) groups excluding carboxylic acids is 2. The number of Topliss-reactive ketones (excluding diaryl/α,β-unsaturated/α-hetero) is 2. The monoisotopic (exact) mass is 442 g/mol. The van der Waals surface area contributed by atoms with Gasteiger partial charge in [0, 0.05) is 60.0 Å². The molecule has 0 unspecified atom stereocenters. The second-order valence-corrected chi connectivity index (χ2v) is 8.95. The third-order valence-corrected chi connectivity index (χ3v) is 6.97. The first-order valence-corrected chi connectivity index (χ1v) is 11.6. The molecule has 0 spiro atoms. The number of nitro benzene ring substituents is 1. The Balaban J connectivity index is 1.64. The van der Waals surface area contributed by atoms with Crippen molar-refractivity contribution in [1.29, 1.82) is 0 Å². The molecule has 2 aromatic rings. The van der Waals surface area contributed by atoms with Crippen LogP contribution in [0.25, 0.3) is 0 Å². The number of allylic oxidation sites excluding steroid dienone is 4. The average molecular weight is 443 g/mol. The van der Waals surface area contributed by atoms with Crippen LogP contribution in [-0.2, 0) is 16.0 Å². The molecule has 0 bridgehead atoms. The lowest BCUT2D eigenvalue weighted by Crippen LogP contribution is -2.39. The molecule has 1 heterocycles. The second-order valence-electron chi connectivity index (χ2n) is 8.95. The van der Waals surface area contributed by atoms with Crippen LogP contribution in [0, 0.1) is 10.1 Å². The van der Waals surface area contributed by atoms with Gasteiger partial charge in [-0.1, -0.05) is 42.5 Å². The van der Waals surface area contributed by atoms with Crippen molar-refractivity contribution in [2.75, 3.05) is 6.54 Å². The smallest absolute Gasteiger partial charge is 0.269 e. The van der Waals surface area contributed by atoms with E-state index in [0.717, 1.165) is 43.5 Å². The molecule has 33 heavy (non-hydrogen) atoms. The maximum absolute atomic E-state index is 13.3. The number of hydrogen-bond acceptors (Lipinski definition) is 5. The fraction of sp³-hybridized carbons (Fsp3) is 0.333. The van der Waals surface area contributed by atoms with Crippen LogP contribution in [0.4, 0.5) is 5.69 Å². The van der Waals surface area contributed by atoms with E-state index in [0.29, 0.717) is 36.1 Å². The van der Waals surface area contributed by atoms with Gasteiger partial charge in [-0.15, -0.1) is 0 Å². The van der Waals surface area contributed by atoms with E-state index >= 15 is 0 Å². The van der Waals surface area contributed by atoms with E-state index in [1.807, 2.05) is 24.3 Å². The molecule has 1 aliphatic heterocycles. The van der Waals surface area contributed by atoms with Gasteiger partial charge in [0.2, 0.25) is 0 Å². The summed E-state index contributed by atoms with van der Waals surface area (Å²) >= 11 is 0. The highest BCUT2D eigenvalue weighted by Gasteiger charge is 2.43. The number of nitro groups is 1. The molecule has 0 aromatic heterocycles. The van der Waals surface area contributed by atoms with Crippen LogP contribution in [0.2, 0.25) is 0 Å². The molecule has 0 fully saturated rings. The van der Waals surface area contributed by atoms with Gasteiger partial charge in [0.15, 0.2) is 11.6 Å². The number of benzene rings is 2. The molecule has 2 aliphatic carbocycles. The highest BCUT2D eigenvalue weighted by atomic mass is 16.6. The minimum atomic E-state index is -0.511. The molecule has 0 amide bonds. The summed E-state index contributed by atoms with van der Waals surface area (Å²) in [5, 5.41) is 11.4. The maximum Gasteiger partial charge on any atom is 0.269 e. The Labute approximate surface area is 192 Å². The number of nitrogens with zero attached hydrogens (tertiary/aromatic N) is 2. The van der Waals surface area contributed by atoms with Gasteiger partial charge in [0.25, 0.3) is 5.69 Å². The number of hydrogen-bond donors (Lipinski definition) is 0. The number of ketones is 2. The zero-order valence-corrected chi connectivity index (χ0v) is 18.5. The van der Waals surface area contributed by atoms with Crippen LogP contribution in [0.5, 0.6) is 0 Å². The largest absolute Gasteiger partial charge is 0.347 e. The Morgan fingerprint density at radius 2 is 1.48 bits per heavy atom. The van der Waals surface area contributed by atoms with Crippen LogP contribution in [0.1, 0.15) is 55.6 Å². The van der Waals surface area contributed by atoms with Gasteiger partial charge < -0.3 is 4.90 Å². The van der Waals surface area contributed by atoms with Crippen LogP contribution in [0.15, 0.2) is 77.1 Å². The molecular weight excluding hydrogens is 416 g/mol. The molecular formula is C27H26N2O4. The third-order valence-electron chi connectivity index (χ3n) is 6.97. The fourth-order valence-corrected chi connectivity index (χ4v) is 5.52. The van der Waals surface area contributed by atoms with Crippen molar-refractivity contribution in [3.8, 4) is 0 Å². The van der Waals surface area contributed by atoms with E-state index in [1.54, 1.807) is 6.07 Å². The van der Waals surface area contributed by atoms with E-state index in [2.05, 4.69) is 17.0 Å². The van der Waals surface area contributed by atoms with E-state index in [1.165, 1.54) is 17.7 Å². The first kappa shape index (κ1) is 21.3. The Kier molecular flexibility index (Phi) is 5.67. The van der Waals surface area contributed by atoms with Gasteiger partial charge >= 0.3 is 0 Å². The predicted molar refractivity (Wildman–Crippen MR) is 124 cm³/mol. The first-order valence-electron chi connectivity index (χ1n) is 11.6. The fourth-order valence-electron chi connectivity index (χ4n) is 5.52. The van der Waals surface area contributed by atoms with Gasteiger partial charge in [-0.2, -0.15) is 0 Å². The summed E-state index contributed by atoms with van der Waals surface area (Å²) in [6, 6.07) is 16.7. The van der Waals surface area contributed by atoms with Crippen molar-refractivity contribution in [3.05, 3.63) is 98.4 Å². The molecule has 0 N–H and O–H groups in total. The predicted octanol–water partition coefficient (Wildman–Crippen LogP) is 5.25. The zero-order chi connectivity index (χ0) is 22.9. The molecule has 6 heteroatoms. The summed E-state index contributed by atoms with van der Waals surface area (Å²) in [5.74, 6) is -0.395. The van der Waals surface area contributed by atoms with Crippen LogP contribution < -0.4 is 0 Å². The summed E-state index contributed by atoms with van der Waals surface area (Å²) in [5.41, 5.74) is 5.21. The van der Waals surface area contributed by atoms with Gasteiger partial charge in [-0.3, -0.25) is 19.7 Å². The quantitative estimate of drug-likeness (QED) is 0.467. The lowest BCUT2D eigenvalue weighted by Gasteiger charge is -2.44. The average Bonchev–Trinajstić information content (AvgIpc) is 2.83. The molecule has 3 aliphatic rings. The lowest BCUT2D eigenvalue weighted by atomic mass is 9.71. The van der Waals surface area contributed by atoms with E-state index < -0.39 is 10.8 Å². The van der Waals surface area contributed by atoms with Crippen molar-refractivity contribution in [1.82, 2.24) is 4.90 Å². The number of non-ortho nitro benzene ring substituents is 1. The van der Waals surface area contributed by atoms with Crippen molar-refractivity contribution >= 4 is 17.3 Å². The van der Waals surface area contributed by atoms with Crippen molar-refractivity contribution < 1.29 is 14.5 Å². The summed E-state index contributed by atoms with van der Waals surface area (Å²) in [4.78, 5) is 39.8. The number of rotatable bonds is 5. The Morgan fingerprint density at radius 3 is 2.09 bits per heavy atom. The first-order chi connectivity index (χ1) is 16.0. The highest BCUT2D eigenvalue weighted by molar-refractivity contribution is 6.06. The standard InChI is InChI=1S/C27H26N2O4/c30-23-13-5-11-21-26(23)25(19-9-4-10-20(17-19)29(32)33)27-22(12-6-14-24(27)31)28(21)16-15-18-7-2-1-3-8-18/h1-4,7-10,17,25H,5-6,11-16H2. The Bertz CT molecular complexity index is 1150. The number of carbonyl (C=O) groups is 2. The minimum Gasteiger partial charge on any atom is -0.347 e. The molecule has 168 valence electrons. The molecule has 0 saturated heterocycles. The van der Waals surface area contributed by atoms with Crippen molar-refractivity contribution in [3.63, 3.8) is 0 Å². The van der Waals surface area contributed by atoms with Gasteiger partial charge in [0.1, 0.15) is 0 Å². The van der Waals surface area contributed by atoms with Crippen molar-refractivity contribution in [2.45, 2.75) is 50.9 Å². The van der Waals surface area contributed by atoms with E-state index in [4.69, 9.17) is 0 Å². The van der Waals surface area contributed by atoms with Gasteiger partial charge in [-0.05, 0) is 43.2 Å². The lowest BCUT2D eigenvalue weighted by molar-refractivity contribution is -0.384. The summed E-state index contributed by atoms with van der Waals surface area (Å²) in [6.45, 7) is 0.712. The van der Waals surface area contributed by atoms with E-state index in [-0.39, 0.29) is 17.3 Å². The Morgan fingerprint density at radius 1 is 0.848 bits per heavy atom. The van der Waals surface area contributed by atoms with Crippen molar-refractivity contribution in [2.24, 2.45) is 0 Å². The normalized spacial score (nSPS) is 19.0. The maximum atomic E-state index is 13.3. The summed E-state index contributed by atoms with van der Waals surface area (Å²) in [6.07, 6.45) is 4.87. The molecule has 0 saturated carbocycles. The van der Waals surface area contributed by atoms with Crippen LogP contribution >= 0.6 is 0 Å². The van der Waals surface area contributed by atoms with Crippen LogP contribution in [0.3, 0.4) is 0 Å². The zero-order valence-electron chi connectivity index (χ0n) is 18.5. The molecule has 0 atom stereocenters. The minimum absolute atomic E-state index is 0.0187. The third kappa shape index (κ3) is 3.90. The van der Waals surface area contributed by atoms with E-state index in [9.17, 15) is 19.7 Å². The molecule has 6 nitrogen and oxygen atoms in total. The van der Waals surface area contributed by atoms with Gasteiger partial charge in [0.05, 0.1) is 4.92 Å². The molecule has 5 rings (SSSR count). The molecule has 0 radical (unpaired) electrons.